The number of nitrogens with one attached hydrogen (secondary N) is 2. The maximum atomic E-state index is 14.4. The van der Waals surface area contributed by atoms with Gasteiger partial charge in [-0.3, -0.25) is 4.79 Å². The van der Waals surface area contributed by atoms with E-state index in [2.05, 4.69) is 15.4 Å². The Morgan fingerprint density at radius 1 is 1.19 bits per heavy atom. The van der Waals surface area contributed by atoms with Gasteiger partial charge in [0.15, 0.2) is 5.11 Å². The van der Waals surface area contributed by atoms with Gasteiger partial charge in [0.05, 0.1) is 34.9 Å². The van der Waals surface area contributed by atoms with Crippen LogP contribution in [0.1, 0.15) is 16.5 Å². The van der Waals surface area contributed by atoms with E-state index in [0.717, 1.165) is 19.2 Å². The topological polar surface area (TPSA) is 67.4 Å². The van der Waals surface area contributed by atoms with E-state index in [1.54, 1.807) is 17.5 Å². The Morgan fingerprint density at radius 2 is 1.88 bits per heavy atom. The van der Waals surface area contributed by atoms with E-state index in [4.69, 9.17) is 12.2 Å². The summed E-state index contributed by atoms with van der Waals surface area (Å²) in [6.07, 6.45) is 0. The molecule has 0 spiro atoms. The Kier molecular flexibility index (Phi) is 5.10. The van der Waals surface area contributed by atoms with Gasteiger partial charge in [0.25, 0.3) is 5.78 Å². The lowest BCUT2D eigenvalue weighted by Crippen LogP contribution is -2.46. The molecule has 134 valence electrons. The number of ketones is 1. The van der Waals surface area contributed by atoms with E-state index in [9.17, 15) is 18.4 Å². The van der Waals surface area contributed by atoms with Gasteiger partial charge in [-0.05, 0) is 35.8 Å². The summed E-state index contributed by atoms with van der Waals surface area (Å²) in [5.74, 6) is -3.90. The summed E-state index contributed by atoms with van der Waals surface area (Å²) >= 11 is 6.41. The van der Waals surface area contributed by atoms with Crippen LogP contribution in [0.4, 0.5) is 8.78 Å². The lowest BCUT2D eigenvalue weighted by molar-refractivity contribution is -0.150. The van der Waals surface area contributed by atoms with Crippen molar-refractivity contribution in [3.8, 4) is 0 Å². The van der Waals surface area contributed by atoms with Crippen molar-refractivity contribution in [2.24, 2.45) is 0 Å². The Morgan fingerprint density at radius 3 is 2.46 bits per heavy atom. The number of ether oxygens (including phenoxy) is 1. The number of carbonyl (C=O) groups excluding carboxylic acids is 2. The zero-order valence-corrected chi connectivity index (χ0v) is 15.0. The first-order valence-corrected chi connectivity index (χ1v) is 8.65. The third kappa shape index (κ3) is 3.23. The Hall–Kier alpha value is -2.65. The fraction of sp³-hybridized carbons (Fsp3) is 0.118. The van der Waals surface area contributed by atoms with E-state index >= 15 is 0 Å². The summed E-state index contributed by atoms with van der Waals surface area (Å²) in [6, 6.07) is 5.48. The van der Waals surface area contributed by atoms with Crippen LogP contribution >= 0.6 is 23.6 Å². The lowest BCUT2D eigenvalue weighted by Gasteiger charge is -2.31. The van der Waals surface area contributed by atoms with E-state index < -0.39 is 35.0 Å². The predicted octanol–water partition coefficient (Wildman–Crippen LogP) is 2.70. The number of Topliss-reactive ketones (excluding diaryl/α,β-unsaturated/α-hetero) is 1. The van der Waals surface area contributed by atoms with Crippen LogP contribution in [0.25, 0.3) is 5.70 Å². The first-order chi connectivity index (χ1) is 12.4. The highest BCUT2D eigenvalue weighted by Gasteiger charge is 2.38. The molecule has 0 radical (unpaired) electrons. The van der Waals surface area contributed by atoms with Gasteiger partial charge in [-0.2, -0.15) is 0 Å². The smallest absolute Gasteiger partial charge is 0.379 e. The molecule has 0 saturated heterocycles. The molecule has 1 aromatic heterocycles. The fourth-order valence-electron chi connectivity index (χ4n) is 2.63. The van der Waals surface area contributed by atoms with Crippen LogP contribution in [0.5, 0.6) is 0 Å². The quantitative estimate of drug-likeness (QED) is 0.472. The Balaban J connectivity index is 2.27. The average Bonchev–Trinajstić information content (AvgIpc) is 3.14. The maximum absolute atomic E-state index is 14.4. The summed E-state index contributed by atoms with van der Waals surface area (Å²) in [7, 11) is 1.05. The molecule has 9 heteroatoms. The number of hydrogen-bond acceptors (Lipinski definition) is 5. The minimum absolute atomic E-state index is 0.0717. The van der Waals surface area contributed by atoms with Crippen LogP contribution in [0.2, 0.25) is 0 Å². The summed E-state index contributed by atoms with van der Waals surface area (Å²) in [5.41, 5.74) is -0.360. The highest BCUT2D eigenvalue weighted by atomic mass is 32.1. The second-order valence-electron chi connectivity index (χ2n) is 5.25. The third-order valence-corrected chi connectivity index (χ3v) is 4.85. The highest BCUT2D eigenvalue weighted by Crippen LogP contribution is 2.35. The standard InChI is InChI=1S/C17H12F2N2O3S2/c1-24-16(23)15(22)12-13(10-6-3-7-26-10)20-17(25)21-14(12)11-8(18)4-2-5-9(11)19/h2-7,14H,1H3,(H2,20,21,25)/t14-/m0/s1. The molecule has 0 saturated carbocycles. The normalized spacial score (nSPS) is 16.7. The van der Waals surface area contributed by atoms with E-state index in [-0.39, 0.29) is 16.4 Å². The molecule has 0 bridgehead atoms. The van der Waals surface area contributed by atoms with Crippen molar-refractivity contribution >= 4 is 46.1 Å². The second kappa shape index (κ2) is 7.30. The zero-order valence-electron chi connectivity index (χ0n) is 13.3. The minimum Gasteiger partial charge on any atom is -0.463 e. The number of thiocarbonyl (C=S) groups is 1. The molecule has 1 aliphatic heterocycles. The van der Waals surface area contributed by atoms with Gasteiger partial charge in [0, 0.05) is 0 Å². The molecular formula is C17H12F2N2O3S2. The number of benzene rings is 1. The van der Waals surface area contributed by atoms with Gasteiger partial charge in [-0.1, -0.05) is 12.1 Å². The van der Waals surface area contributed by atoms with Gasteiger partial charge < -0.3 is 15.4 Å². The minimum atomic E-state index is -1.28. The number of methoxy groups -OCH3 is 1. The van der Waals surface area contributed by atoms with E-state index in [0.29, 0.717) is 4.88 Å². The molecule has 0 amide bonds. The highest BCUT2D eigenvalue weighted by molar-refractivity contribution is 7.80. The van der Waals surface area contributed by atoms with E-state index in [1.165, 1.54) is 17.4 Å². The van der Waals surface area contributed by atoms with Crippen LogP contribution in [0, 0.1) is 11.6 Å². The van der Waals surface area contributed by atoms with Crippen molar-refractivity contribution in [2.45, 2.75) is 6.04 Å². The monoisotopic (exact) mass is 394 g/mol. The summed E-state index contributed by atoms with van der Waals surface area (Å²) in [4.78, 5) is 25.1. The Labute approximate surface area is 156 Å². The zero-order chi connectivity index (χ0) is 18.8. The van der Waals surface area contributed by atoms with Gasteiger partial charge in [-0.25, -0.2) is 13.6 Å². The molecule has 0 fully saturated rings. The average molecular weight is 394 g/mol. The molecule has 1 aliphatic rings. The predicted molar refractivity (Wildman–Crippen MR) is 96.2 cm³/mol. The van der Waals surface area contributed by atoms with Crippen LogP contribution in [0.3, 0.4) is 0 Å². The van der Waals surface area contributed by atoms with Crippen LogP contribution in [-0.2, 0) is 14.3 Å². The molecule has 3 rings (SSSR count). The van der Waals surface area contributed by atoms with Crippen molar-refractivity contribution in [3.63, 3.8) is 0 Å². The largest absolute Gasteiger partial charge is 0.463 e. The molecule has 1 aromatic carbocycles. The van der Waals surface area contributed by atoms with Crippen molar-refractivity contribution in [3.05, 3.63) is 63.4 Å². The van der Waals surface area contributed by atoms with Crippen molar-refractivity contribution in [2.75, 3.05) is 7.11 Å². The first kappa shape index (κ1) is 18.2. The van der Waals surface area contributed by atoms with E-state index in [1.807, 2.05) is 0 Å². The maximum Gasteiger partial charge on any atom is 0.379 e. The van der Waals surface area contributed by atoms with Crippen LogP contribution in [0.15, 0.2) is 41.3 Å². The molecule has 2 heterocycles. The van der Waals surface area contributed by atoms with Crippen LogP contribution in [-0.4, -0.2) is 24.0 Å². The number of rotatable bonds is 4. The summed E-state index contributed by atoms with van der Waals surface area (Å²) in [6.45, 7) is 0. The summed E-state index contributed by atoms with van der Waals surface area (Å²) in [5, 5.41) is 7.31. The van der Waals surface area contributed by atoms with Crippen molar-refractivity contribution < 1.29 is 23.1 Å². The SMILES string of the molecule is COC(=O)C(=O)C1=C(c2cccs2)NC(=S)N[C@H]1c1c(F)cccc1F. The van der Waals surface area contributed by atoms with Gasteiger partial charge >= 0.3 is 5.97 Å². The number of esters is 1. The molecule has 26 heavy (non-hydrogen) atoms. The van der Waals surface area contributed by atoms with Gasteiger partial charge in [0.2, 0.25) is 0 Å². The van der Waals surface area contributed by atoms with Gasteiger partial charge in [0.1, 0.15) is 11.6 Å². The fourth-order valence-corrected chi connectivity index (χ4v) is 3.59. The molecule has 0 aliphatic carbocycles. The number of thiophene rings is 1. The lowest BCUT2D eigenvalue weighted by atomic mass is 9.91. The van der Waals surface area contributed by atoms with Crippen molar-refractivity contribution in [1.82, 2.24) is 10.6 Å². The molecule has 2 N–H and O–H groups in total. The number of halogens is 2. The number of hydrogen-bond donors (Lipinski definition) is 2. The Bertz CT molecular complexity index is 906. The van der Waals surface area contributed by atoms with Crippen molar-refractivity contribution in [1.29, 1.82) is 0 Å². The number of carbonyl (C=O) groups is 2. The van der Waals surface area contributed by atoms with Crippen LogP contribution < -0.4 is 10.6 Å². The molecule has 5 nitrogen and oxygen atoms in total. The molecule has 0 unspecified atom stereocenters. The first-order valence-electron chi connectivity index (χ1n) is 7.36. The summed E-state index contributed by atoms with van der Waals surface area (Å²) < 4.78 is 33.2. The van der Waals surface area contributed by atoms with Gasteiger partial charge in [-0.15, -0.1) is 11.3 Å². The second-order valence-corrected chi connectivity index (χ2v) is 6.61. The molecule has 2 aromatic rings. The molecule has 1 atom stereocenters. The third-order valence-electron chi connectivity index (χ3n) is 3.74. The molecular weight excluding hydrogens is 382 g/mol.